The summed E-state index contributed by atoms with van der Waals surface area (Å²) in [5, 5.41) is 0. The zero-order chi connectivity index (χ0) is 18.1. The quantitative estimate of drug-likeness (QED) is 0.705. The minimum absolute atomic E-state index is 0.243. The molecule has 136 valence electrons. The van der Waals surface area contributed by atoms with Crippen molar-refractivity contribution < 1.29 is 9.13 Å². The van der Waals surface area contributed by atoms with Gasteiger partial charge in [0.25, 0.3) is 0 Å². The van der Waals surface area contributed by atoms with E-state index in [1.165, 1.54) is 18.3 Å². The number of piperidine rings is 1. The summed E-state index contributed by atoms with van der Waals surface area (Å²) in [4.78, 5) is 7.14. The number of methoxy groups -OCH3 is 1. The maximum absolute atomic E-state index is 14.4. The Morgan fingerprint density at radius 1 is 1.19 bits per heavy atom. The van der Waals surface area contributed by atoms with Crippen molar-refractivity contribution in [3.05, 3.63) is 65.5 Å². The van der Waals surface area contributed by atoms with Crippen molar-refractivity contribution >= 4 is 5.52 Å². The number of halogens is 1. The van der Waals surface area contributed by atoms with Gasteiger partial charge in [-0.2, -0.15) is 0 Å². The van der Waals surface area contributed by atoms with E-state index in [0.717, 1.165) is 31.6 Å². The van der Waals surface area contributed by atoms with Gasteiger partial charge in [-0.3, -0.25) is 9.88 Å². The second kappa shape index (κ2) is 7.08. The van der Waals surface area contributed by atoms with Crippen LogP contribution in [0.15, 0.2) is 42.7 Å². The number of likely N-dealkylation sites (tertiary alicyclic amines) is 1. The average molecular weight is 353 g/mol. The molecule has 2 aromatic heterocycles. The van der Waals surface area contributed by atoms with E-state index >= 15 is 0 Å². The Kier molecular flexibility index (Phi) is 4.64. The van der Waals surface area contributed by atoms with Crippen molar-refractivity contribution in [2.75, 3.05) is 20.2 Å². The molecule has 4 nitrogen and oxygen atoms in total. The van der Waals surface area contributed by atoms with Gasteiger partial charge in [-0.25, -0.2) is 4.39 Å². The van der Waals surface area contributed by atoms with Crippen LogP contribution in [0.2, 0.25) is 0 Å². The normalized spacial score (nSPS) is 16.3. The van der Waals surface area contributed by atoms with Gasteiger partial charge < -0.3 is 9.14 Å². The Labute approximate surface area is 153 Å². The number of aromatic nitrogens is 2. The minimum Gasteiger partial charge on any atom is -0.494 e. The Hall–Kier alpha value is -2.40. The van der Waals surface area contributed by atoms with E-state index in [1.54, 1.807) is 6.07 Å². The van der Waals surface area contributed by atoms with Crippen molar-refractivity contribution in [1.29, 1.82) is 0 Å². The number of hydrogen-bond donors (Lipinski definition) is 0. The monoisotopic (exact) mass is 353 g/mol. The van der Waals surface area contributed by atoms with Crippen LogP contribution in [0.25, 0.3) is 5.52 Å². The molecule has 0 unspecified atom stereocenters. The highest BCUT2D eigenvalue weighted by molar-refractivity contribution is 5.52. The summed E-state index contributed by atoms with van der Waals surface area (Å²) in [6.07, 6.45) is 6.33. The summed E-state index contributed by atoms with van der Waals surface area (Å²) in [7, 11) is 1.50. The lowest BCUT2D eigenvalue weighted by molar-refractivity contribution is 0.200. The van der Waals surface area contributed by atoms with Crippen LogP contribution in [0.4, 0.5) is 4.39 Å². The van der Waals surface area contributed by atoms with Crippen LogP contribution in [0.3, 0.4) is 0 Å². The largest absolute Gasteiger partial charge is 0.494 e. The van der Waals surface area contributed by atoms with Gasteiger partial charge in [-0.15, -0.1) is 0 Å². The van der Waals surface area contributed by atoms with Crippen LogP contribution < -0.4 is 4.74 Å². The molecule has 0 N–H and O–H groups in total. The van der Waals surface area contributed by atoms with Crippen molar-refractivity contribution in [3.8, 4) is 5.75 Å². The molecule has 0 bridgehead atoms. The SMILES string of the molecule is COc1cccc(CN2CCC(c3cn4cccc4c(C)n3)CC2)c1F. The molecule has 0 amide bonds. The minimum atomic E-state index is -0.243. The molecule has 5 heteroatoms. The number of hydrogen-bond acceptors (Lipinski definition) is 3. The van der Waals surface area contributed by atoms with Crippen LogP contribution in [-0.2, 0) is 6.54 Å². The number of benzene rings is 1. The molecule has 26 heavy (non-hydrogen) atoms. The molecule has 1 aliphatic heterocycles. The summed E-state index contributed by atoms with van der Waals surface area (Å²) >= 11 is 0. The van der Waals surface area contributed by atoms with Gasteiger partial charge in [0.1, 0.15) is 0 Å². The lowest BCUT2D eigenvalue weighted by atomic mass is 9.93. The van der Waals surface area contributed by atoms with Crippen molar-refractivity contribution in [3.63, 3.8) is 0 Å². The Morgan fingerprint density at radius 2 is 2.00 bits per heavy atom. The Morgan fingerprint density at radius 3 is 2.77 bits per heavy atom. The zero-order valence-electron chi connectivity index (χ0n) is 15.3. The molecule has 4 rings (SSSR count). The standard InChI is InChI=1S/C21H24FN3O/c1-15-19-6-4-10-25(19)14-18(23-15)16-8-11-24(12-9-16)13-17-5-3-7-20(26-2)21(17)22/h3-7,10,14,16H,8-9,11-13H2,1-2H3. The van der Waals surface area contributed by atoms with E-state index < -0.39 is 0 Å². The highest BCUT2D eigenvalue weighted by atomic mass is 19.1. The molecule has 1 aliphatic rings. The second-order valence-electron chi connectivity index (χ2n) is 7.04. The predicted octanol–water partition coefficient (Wildman–Crippen LogP) is 4.17. The number of aryl methyl sites for hydroxylation is 1. The average Bonchev–Trinajstić information content (AvgIpc) is 3.13. The van der Waals surface area contributed by atoms with Gasteiger partial charge in [-0.1, -0.05) is 12.1 Å². The number of nitrogens with zero attached hydrogens (tertiary/aromatic N) is 3. The van der Waals surface area contributed by atoms with Crippen LogP contribution in [0.1, 0.15) is 35.7 Å². The van der Waals surface area contributed by atoms with E-state index in [-0.39, 0.29) is 5.82 Å². The predicted molar refractivity (Wildman–Crippen MR) is 100 cm³/mol. The maximum Gasteiger partial charge on any atom is 0.169 e. The lowest BCUT2D eigenvalue weighted by Gasteiger charge is -2.32. The molecule has 0 atom stereocenters. The summed E-state index contributed by atoms with van der Waals surface area (Å²) in [5.74, 6) is 0.538. The summed E-state index contributed by atoms with van der Waals surface area (Å²) < 4.78 is 21.6. The zero-order valence-corrected chi connectivity index (χ0v) is 15.3. The highest BCUT2D eigenvalue weighted by Gasteiger charge is 2.23. The fourth-order valence-corrected chi connectivity index (χ4v) is 3.90. The van der Waals surface area contributed by atoms with Gasteiger partial charge in [-0.05, 0) is 51.1 Å². The van der Waals surface area contributed by atoms with E-state index in [2.05, 4.69) is 40.8 Å². The van der Waals surface area contributed by atoms with E-state index in [4.69, 9.17) is 9.72 Å². The molecule has 0 aliphatic carbocycles. The Bertz CT molecular complexity index is 913. The number of rotatable bonds is 4. The number of fused-ring (bicyclic) bond motifs is 1. The fourth-order valence-electron chi connectivity index (χ4n) is 3.90. The van der Waals surface area contributed by atoms with E-state index in [0.29, 0.717) is 23.8 Å². The third-order valence-electron chi connectivity index (χ3n) is 5.38. The van der Waals surface area contributed by atoms with Gasteiger partial charge in [0, 0.05) is 30.4 Å². The van der Waals surface area contributed by atoms with Crippen molar-refractivity contribution in [1.82, 2.24) is 14.3 Å². The molecule has 3 heterocycles. The topological polar surface area (TPSA) is 29.8 Å². The first kappa shape index (κ1) is 17.0. The molecular weight excluding hydrogens is 329 g/mol. The molecule has 1 aromatic carbocycles. The van der Waals surface area contributed by atoms with Crippen molar-refractivity contribution in [2.24, 2.45) is 0 Å². The molecule has 3 aromatic rings. The van der Waals surface area contributed by atoms with Gasteiger partial charge in [0.2, 0.25) is 0 Å². The van der Waals surface area contributed by atoms with Crippen LogP contribution in [0.5, 0.6) is 5.75 Å². The highest BCUT2D eigenvalue weighted by Crippen LogP contribution is 2.29. The maximum atomic E-state index is 14.4. The molecule has 0 spiro atoms. The van der Waals surface area contributed by atoms with E-state index in [1.807, 2.05) is 12.1 Å². The molecule has 0 radical (unpaired) electrons. The summed E-state index contributed by atoms with van der Waals surface area (Å²) in [6.45, 7) is 4.59. The number of ether oxygens (including phenoxy) is 1. The van der Waals surface area contributed by atoms with E-state index in [9.17, 15) is 4.39 Å². The van der Waals surface area contributed by atoms with Crippen LogP contribution in [0, 0.1) is 12.7 Å². The third-order valence-corrected chi connectivity index (χ3v) is 5.38. The molecule has 1 fully saturated rings. The van der Waals surface area contributed by atoms with Crippen LogP contribution >= 0.6 is 0 Å². The first-order valence-electron chi connectivity index (χ1n) is 9.13. The Balaban J connectivity index is 1.44. The smallest absolute Gasteiger partial charge is 0.169 e. The lowest BCUT2D eigenvalue weighted by Crippen LogP contribution is -2.33. The summed E-state index contributed by atoms with van der Waals surface area (Å²) in [6, 6.07) is 9.50. The van der Waals surface area contributed by atoms with Crippen LogP contribution in [-0.4, -0.2) is 34.5 Å². The van der Waals surface area contributed by atoms with Crippen molar-refractivity contribution in [2.45, 2.75) is 32.2 Å². The fraction of sp³-hybridized carbons (Fsp3) is 0.381. The van der Waals surface area contributed by atoms with Gasteiger partial charge in [0.15, 0.2) is 11.6 Å². The molecule has 0 saturated carbocycles. The molecule has 1 saturated heterocycles. The third kappa shape index (κ3) is 3.19. The van der Waals surface area contributed by atoms with Gasteiger partial charge >= 0.3 is 0 Å². The second-order valence-corrected chi connectivity index (χ2v) is 7.04. The van der Waals surface area contributed by atoms with Gasteiger partial charge in [0.05, 0.1) is 24.0 Å². The first-order valence-corrected chi connectivity index (χ1v) is 9.13. The summed E-state index contributed by atoms with van der Waals surface area (Å²) in [5.41, 5.74) is 4.11. The molecular formula is C21H24FN3O. The first-order chi connectivity index (χ1) is 12.7.